The fourth-order valence-electron chi connectivity index (χ4n) is 1.27. The first-order valence-electron chi connectivity index (χ1n) is 6.81. The molecule has 0 heterocycles. The zero-order valence-electron chi connectivity index (χ0n) is 11.4. The number of hydrogen-bond donors (Lipinski definition) is 1. The van der Waals surface area contributed by atoms with Gasteiger partial charge in [-0.15, -0.1) is 0 Å². The van der Waals surface area contributed by atoms with Crippen LogP contribution in [0.15, 0.2) is 48.9 Å². The Morgan fingerprint density at radius 3 is 1.59 bits per heavy atom. The van der Waals surface area contributed by atoms with Crippen molar-refractivity contribution in [3.05, 3.63) is 48.9 Å². The highest BCUT2D eigenvalue weighted by atomic mass is 14.8. The molecule has 1 heteroatoms. The lowest BCUT2D eigenvalue weighted by Gasteiger charge is -1.88. The highest BCUT2D eigenvalue weighted by Crippen LogP contribution is 1.95. The van der Waals surface area contributed by atoms with E-state index in [1.54, 1.807) is 0 Å². The van der Waals surface area contributed by atoms with Crippen molar-refractivity contribution in [3.8, 4) is 0 Å². The van der Waals surface area contributed by atoms with Gasteiger partial charge in [-0.25, -0.2) is 0 Å². The van der Waals surface area contributed by atoms with Crippen LogP contribution in [0.25, 0.3) is 0 Å². The second-order valence-electron chi connectivity index (χ2n) is 4.03. The molecule has 0 saturated carbocycles. The molecule has 0 atom stereocenters. The van der Waals surface area contributed by atoms with Crippen molar-refractivity contribution in [2.75, 3.05) is 0 Å². The smallest absolute Gasteiger partial charge is 0.000431 e. The molecule has 0 rings (SSSR count). The van der Waals surface area contributed by atoms with E-state index in [4.69, 9.17) is 0 Å². The molecule has 0 amide bonds. The molecule has 0 bridgehead atoms. The van der Waals surface area contributed by atoms with Crippen molar-refractivity contribution in [1.82, 2.24) is 5.32 Å². The van der Waals surface area contributed by atoms with Crippen LogP contribution < -0.4 is 5.32 Å². The van der Waals surface area contributed by atoms with E-state index in [9.17, 15) is 0 Å². The summed E-state index contributed by atoms with van der Waals surface area (Å²) in [5, 5.41) is 3.10. The van der Waals surface area contributed by atoms with E-state index in [0.29, 0.717) is 0 Å². The van der Waals surface area contributed by atoms with Crippen molar-refractivity contribution in [1.29, 1.82) is 0 Å². The third-order valence-corrected chi connectivity index (χ3v) is 2.33. The summed E-state index contributed by atoms with van der Waals surface area (Å²) in [7, 11) is 0. The molecule has 1 nitrogen and oxygen atoms in total. The maximum atomic E-state index is 3.10. The fourth-order valence-corrected chi connectivity index (χ4v) is 1.27. The fraction of sp³-hybridized carbons (Fsp3) is 0.500. The summed E-state index contributed by atoms with van der Waals surface area (Å²) in [5.74, 6) is 0. The van der Waals surface area contributed by atoms with Crippen LogP contribution in [0.2, 0.25) is 0 Å². The van der Waals surface area contributed by atoms with Gasteiger partial charge in [-0.05, 0) is 25.0 Å². The summed E-state index contributed by atoms with van der Waals surface area (Å²) in [6, 6.07) is 0. The van der Waals surface area contributed by atoms with E-state index in [1.165, 1.54) is 38.5 Å². The lowest BCUT2D eigenvalue weighted by molar-refractivity contribution is 0.815. The van der Waals surface area contributed by atoms with Crippen LogP contribution in [0.3, 0.4) is 0 Å². The minimum absolute atomic E-state index is 1.18. The van der Waals surface area contributed by atoms with Gasteiger partial charge in [0.05, 0.1) is 0 Å². The topological polar surface area (TPSA) is 12.0 Å². The van der Waals surface area contributed by atoms with Crippen molar-refractivity contribution in [2.24, 2.45) is 0 Å². The van der Waals surface area contributed by atoms with Gasteiger partial charge in [0.25, 0.3) is 0 Å². The molecule has 0 aliphatic carbocycles. The molecule has 0 spiro atoms. The van der Waals surface area contributed by atoms with Crippen molar-refractivity contribution < 1.29 is 0 Å². The monoisotopic (exact) mass is 233 g/mol. The first-order chi connectivity index (χ1) is 8.41. The molecule has 0 aliphatic rings. The first kappa shape index (κ1) is 15.8. The van der Waals surface area contributed by atoms with Gasteiger partial charge in [-0.2, -0.15) is 0 Å². The van der Waals surface area contributed by atoms with Crippen LogP contribution in [-0.4, -0.2) is 0 Å². The number of hydrogen-bond acceptors (Lipinski definition) is 1. The second kappa shape index (κ2) is 14.8. The Morgan fingerprint density at radius 1 is 0.706 bits per heavy atom. The minimum atomic E-state index is 1.18. The lowest BCUT2D eigenvalue weighted by Crippen LogP contribution is -1.89. The molecule has 0 saturated heterocycles. The van der Waals surface area contributed by atoms with Crippen molar-refractivity contribution in [2.45, 2.75) is 52.4 Å². The van der Waals surface area contributed by atoms with Crippen LogP contribution >= 0.6 is 0 Å². The molecule has 0 aromatic heterocycles. The summed E-state index contributed by atoms with van der Waals surface area (Å²) >= 11 is 0. The van der Waals surface area contributed by atoms with Crippen LogP contribution in [0.5, 0.6) is 0 Å². The Labute approximate surface area is 107 Å². The Morgan fingerprint density at radius 2 is 1.18 bits per heavy atom. The lowest BCUT2D eigenvalue weighted by atomic mass is 10.2. The van der Waals surface area contributed by atoms with E-state index in [-0.39, 0.29) is 0 Å². The Kier molecular flexibility index (Phi) is 13.7. The molecule has 0 unspecified atom stereocenters. The van der Waals surface area contributed by atoms with E-state index >= 15 is 0 Å². The van der Waals surface area contributed by atoms with Crippen LogP contribution in [0.1, 0.15) is 52.4 Å². The van der Waals surface area contributed by atoms with Gasteiger partial charge in [0, 0.05) is 12.4 Å². The molecule has 1 N–H and O–H groups in total. The molecular weight excluding hydrogens is 206 g/mol. The molecule has 0 fully saturated rings. The quantitative estimate of drug-likeness (QED) is 0.409. The molecule has 0 radical (unpaired) electrons. The highest BCUT2D eigenvalue weighted by Gasteiger charge is 1.76. The Balaban J connectivity index is 3.42. The average molecular weight is 233 g/mol. The minimum Gasteiger partial charge on any atom is -0.368 e. The van der Waals surface area contributed by atoms with Gasteiger partial charge in [0.2, 0.25) is 0 Å². The average Bonchev–Trinajstić information content (AvgIpc) is 2.35. The predicted octanol–water partition coefficient (Wildman–Crippen LogP) is 5.10. The van der Waals surface area contributed by atoms with Crippen LogP contribution in [0, 0.1) is 0 Å². The van der Waals surface area contributed by atoms with Gasteiger partial charge in [0.1, 0.15) is 0 Å². The summed E-state index contributed by atoms with van der Waals surface area (Å²) in [6.07, 6.45) is 24.0. The zero-order chi connectivity index (χ0) is 12.6. The van der Waals surface area contributed by atoms with Gasteiger partial charge in [0.15, 0.2) is 0 Å². The first-order valence-corrected chi connectivity index (χ1v) is 6.81. The summed E-state index contributed by atoms with van der Waals surface area (Å²) in [4.78, 5) is 0. The number of allylic oxidation sites excluding steroid dienone is 6. The largest absolute Gasteiger partial charge is 0.368 e. The summed E-state index contributed by atoms with van der Waals surface area (Å²) in [5.41, 5.74) is 0. The summed E-state index contributed by atoms with van der Waals surface area (Å²) in [6.45, 7) is 4.42. The molecule has 17 heavy (non-hydrogen) atoms. The third-order valence-electron chi connectivity index (χ3n) is 2.33. The van der Waals surface area contributed by atoms with Gasteiger partial charge < -0.3 is 5.32 Å². The Bertz CT molecular complexity index is 220. The number of nitrogens with one attached hydrogen (secondary N) is 1. The molecule has 0 aromatic rings. The predicted molar refractivity (Wildman–Crippen MR) is 78.7 cm³/mol. The van der Waals surface area contributed by atoms with E-state index in [1.807, 2.05) is 24.6 Å². The third kappa shape index (κ3) is 14.8. The SMILES string of the molecule is CCCCC=CC=CNC=CC=CCCCC. The second-order valence-corrected chi connectivity index (χ2v) is 4.03. The van der Waals surface area contributed by atoms with Gasteiger partial charge >= 0.3 is 0 Å². The number of rotatable bonds is 10. The van der Waals surface area contributed by atoms with Crippen molar-refractivity contribution in [3.63, 3.8) is 0 Å². The Hall–Kier alpha value is -1.24. The van der Waals surface area contributed by atoms with Gasteiger partial charge in [-0.1, -0.05) is 63.8 Å². The van der Waals surface area contributed by atoms with E-state index < -0.39 is 0 Å². The normalized spacial score (nSPS) is 12.6. The van der Waals surface area contributed by atoms with Crippen LogP contribution in [-0.2, 0) is 0 Å². The van der Waals surface area contributed by atoms with Crippen molar-refractivity contribution >= 4 is 0 Å². The van der Waals surface area contributed by atoms with Crippen LogP contribution in [0.4, 0.5) is 0 Å². The summed E-state index contributed by atoms with van der Waals surface area (Å²) < 4.78 is 0. The molecule has 0 aliphatic heterocycles. The highest BCUT2D eigenvalue weighted by molar-refractivity contribution is 5.06. The maximum absolute atomic E-state index is 3.10. The van der Waals surface area contributed by atoms with E-state index in [0.717, 1.165) is 0 Å². The molecular formula is C16H27N. The molecule has 96 valence electrons. The molecule has 0 aromatic carbocycles. The zero-order valence-corrected chi connectivity index (χ0v) is 11.4. The number of unbranched alkanes of at least 4 members (excludes halogenated alkanes) is 4. The maximum Gasteiger partial charge on any atom is 0.000431 e. The van der Waals surface area contributed by atoms with E-state index in [2.05, 4.69) is 43.5 Å². The van der Waals surface area contributed by atoms with Gasteiger partial charge in [-0.3, -0.25) is 0 Å². The standard InChI is InChI=1S/C16H27N/c1-3-5-7-9-11-13-15-17-16-14-12-10-8-6-4-2/h9-17H,3-8H2,1-2H3.